The van der Waals surface area contributed by atoms with E-state index in [2.05, 4.69) is 13.5 Å². The summed E-state index contributed by atoms with van der Waals surface area (Å²) in [6.07, 6.45) is 9.71. The van der Waals surface area contributed by atoms with E-state index in [4.69, 9.17) is 4.74 Å². The molecule has 76 valence electrons. The van der Waals surface area contributed by atoms with Gasteiger partial charge in [-0.25, -0.2) is 0 Å². The number of hydrogen-bond donors (Lipinski definition) is 0. The van der Waals surface area contributed by atoms with Crippen LogP contribution in [-0.2, 0) is 4.74 Å². The fourth-order valence-corrected chi connectivity index (χ4v) is 2.37. The Morgan fingerprint density at radius 2 is 2.00 bits per heavy atom. The molecule has 0 unspecified atom stereocenters. The molecule has 0 saturated carbocycles. The molecule has 1 heterocycles. The van der Waals surface area contributed by atoms with Crippen molar-refractivity contribution in [3.05, 3.63) is 12.7 Å². The van der Waals surface area contributed by atoms with Gasteiger partial charge < -0.3 is 4.74 Å². The lowest BCUT2D eigenvalue weighted by Gasteiger charge is -2.37. The van der Waals surface area contributed by atoms with Crippen LogP contribution in [0.15, 0.2) is 12.7 Å². The van der Waals surface area contributed by atoms with Crippen molar-refractivity contribution < 1.29 is 4.74 Å². The van der Waals surface area contributed by atoms with Crippen LogP contribution in [0.25, 0.3) is 0 Å². The highest BCUT2D eigenvalue weighted by Crippen LogP contribution is 2.39. The third-order valence-electron chi connectivity index (χ3n) is 3.21. The standard InChI is InChI=1S/C12H22O/c1-3-5-7-12(6-4-2)8-10-13-11-9-12/h3H,1,4-11H2,2H3. The smallest absolute Gasteiger partial charge is 0.0471 e. The average molecular weight is 182 g/mol. The molecular weight excluding hydrogens is 160 g/mol. The molecule has 0 atom stereocenters. The monoisotopic (exact) mass is 182 g/mol. The molecule has 0 aliphatic carbocycles. The Morgan fingerprint density at radius 3 is 2.54 bits per heavy atom. The van der Waals surface area contributed by atoms with E-state index < -0.39 is 0 Å². The van der Waals surface area contributed by atoms with Gasteiger partial charge in [-0.3, -0.25) is 0 Å². The van der Waals surface area contributed by atoms with Crippen molar-refractivity contribution >= 4 is 0 Å². The first kappa shape index (κ1) is 10.8. The predicted octanol–water partition coefficient (Wildman–Crippen LogP) is 3.55. The maximum absolute atomic E-state index is 5.43. The van der Waals surface area contributed by atoms with Crippen LogP contribution in [-0.4, -0.2) is 13.2 Å². The van der Waals surface area contributed by atoms with Crippen molar-refractivity contribution in [2.45, 2.75) is 45.4 Å². The molecular formula is C12H22O. The predicted molar refractivity (Wildman–Crippen MR) is 56.8 cm³/mol. The third-order valence-corrected chi connectivity index (χ3v) is 3.21. The van der Waals surface area contributed by atoms with Crippen molar-refractivity contribution in [3.8, 4) is 0 Å². The zero-order chi connectivity index (χ0) is 9.57. The van der Waals surface area contributed by atoms with Crippen LogP contribution in [0.3, 0.4) is 0 Å². The van der Waals surface area contributed by atoms with Gasteiger partial charge >= 0.3 is 0 Å². The molecule has 1 heteroatoms. The second-order valence-electron chi connectivity index (χ2n) is 4.19. The Kier molecular flexibility index (Phi) is 4.51. The quantitative estimate of drug-likeness (QED) is 0.591. The molecule has 1 fully saturated rings. The molecule has 13 heavy (non-hydrogen) atoms. The zero-order valence-corrected chi connectivity index (χ0v) is 8.85. The molecule has 0 aromatic heterocycles. The van der Waals surface area contributed by atoms with Crippen molar-refractivity contribution in [2.24, 2.45) is 5.41 Å². The second kappa shape index (κ2) is 5.43. The van der Waals surface area contributed by atoms with Crippen LogP contribution in [0.2, 0.25) is 0 Å². The highest BCUT2D eigenvalue weighted by atomic mass is 16.5. The molecule has 1 saturated heterocycles. The summed E-state index contributed by atoms with van der Waals surface area (Å²) in [5.41, 5.74) is 0.585. The average Bonchev–Trinajstić information content (AvgIpc) is 2.17. The summed E-state index contributed by atoms with van der Waals surface area (Å²) in [6, 6.07) is 0. The molecule has 0 aromatic carbocycles. The molecule has 0 spiro atoms. The topological polar surface area (TPSA) is 9.23 Å². The Labute approximate surface area is 82.2 Å². The maximum atomic E-state index is 5.43. The molecule has 1 aliphatic rings. The summed E-state index contributed by atoms with van der Waals surface area (Å²) >= 11 is 0. The van der Waals surface area contributed by atoms with Gasteiger partial charge in [0, 0.05) is 13.2 Å². The molecule has 0 aromatic rings. The molecule has 0 amide bonds. The van der Waals surface area contributed by atoms with Gasteiger partial charge in [-0.05, 0) is 37.5 Å². The maximum Gasteiger partial charge on any atom is 0.0471 e. The minimum absolute atomic E-state index is 0.585. The van der Waals surface area contributed by atoms with Crippen LogP contribution in [0, 0.1) is 5.41 Å². The number of rotatable bonds is 5. The van der Waals surface area contributed by atoms with E-state index in [9.17, 15) is 0 Å². The van der Waals surface area contributed by atoms with E-state index in [-0.39, 0.29) is 0 Å². The van der Waals surface area contributed by atoms with Gasteiger partial charge in [-0.15, -0.1) is 6.58 Å². The van der Waals surface area contributed by atoms with Gasteiger partial charge in [-0.1, -0.05) is 19.4 Å². The molecule has 1 nitrogen and oxygen atoms in total. The lowest BCUT2D eigenvalue weighted by Crippen LogP contribution is -2.29. The van der Waals surface area contributed by atoms with Crippen LogP contribution in [0.5, 0.6) is 0 Å². The minimum atomic E-state index is 0.585. The first-order chi connectivity index (χ1) is 6.33. The largest absolute Gasteiger partial charge is 0.381 e. The van der Waals surface area contributed by atoms with Crippen LogP contribution >= 0.6 is 0 Å². The summed E-state index contributed by atoms with van der Waals surface area (Å²) in [6.45, 7) is 8.03. The van der Waals surface area contributed by atoms with Crippen molar-refractivity contribution in [1.82, 2.24) is 0 Å². The van der Waals surface area contributed by atoms with Gasteiger partial charge in [0.1, 0.15) is 0 Å². The summed E-state index contributed by atoms with van der Waals surface area (Å²) in [5.74, 6) is 0. The summed E-state index contributed by atoms with van der Waals surface area (Å²) < 4.78 is 5.43. The molecule has 0 bridgehead atoms. The third kappa shape index (κ3) is 3.15. The first-order valence-electron chi connectivity index (χ1n) is 5.52. The van der Waals surface area contributed by atoms with Gasteiger partial charge in [0.25, 0.3) is 0 Å². The van der Waals surface area contributed by atoms with E-state index in [0.717, 1.165) is 13.2 Å². The lowest BCUT2D eigenvalue weighted by atomic mass is 9.73. The SMILES string of the molecule is C=CCCC1(CCC)CCOCC1. The van der Waals surface area contributed by atoms with Crippen LogP contribution < -0.4 is 0 Å². The summed E-state index contributed by atoms with van der Waals surface area (Å²) in [7, 11) is 0. The van der Waals surface area contributed by atoms with E-state index in [1.165, 1.54) is 38.5 Å². The Hall–Kier alpha value is -0.300. The number of ether oxygens (including phenoxy) is 1. The summed E-state index contributed by atoms with van der Waals surface area (Å²) in [4.78, 5) is 0. The zero-order valence-electron chi connectivity index (χ0n) is 8.85. The molecule has 0 radical (unpaired) electrons. The minimum Gasteiger partial charge on any atom is -0.381 e. The van der Waals surface area contributed by atoms with Crippen molar-refractivity contribution in [1.29, 1.82) is 0 Å². The summed E-state index contributed by atoms with van der Waals surface area (Å²) in [5, 5.41) is 0. The number of allylic oxidation sites excluding steroid dienone is 1. The fraction of sp³-hybridized carbons (Fsp3) is 0.833. The van der Waals surface area contributed by atoms with E-state index >= 15 is 0 Å². The van der Waals surface area contributed by atoms with Gasteiger partial charge in [0.05, 0.1) is 0 Å². The van der Waals surface area contributed by atoms with E-state index in [1.54, 1.807) is 0 Å². The molecule has 1 rings (SSSR count). The first-order valence-corrected chi connectivity index (χ1v) is 5.52. The molecule has 0 N–H and O–H groups in total. The molecule has 1 aliphatic heterocycles. The highest BCUT2D eigenvalue weighted by molar-refractivity contribution is 4.84. The lowest BCUT2D eigenvalue weighted by molar-refractivity contribution is 0.00569. The van der Waals surface area contributed by atoms with Crippen LogP contribution in [0.1, 0.15) is 45.4 Å². The van der Waals surface area contributed by atoms with Gasteiger partial charge in [-0.2, -0.15) is 0 Å². The van der Waals surface area contributed by atoms with E-state index in [0.29, 0.717) is 5.41 Å². The fourth-order valence-electron chi connectivity index (χ4n) is 2.37. The van der Waals surface area contributed by atoms with Crippen molar-refractivity contribution in [3.63, 3.8) is 0 Å². The Balaban J connectivity index is 2.44. The number of hydrogen-bond acceptors (Lipinski definition) is 1. The van der Waals surface area contributed by atoms with Gasteiger partial charge in [0.15, 0.2) is 0 Å². The Bertz CT molecular complexity index is 140. The highest BCUT2D eigenvalue weighted by Gasteiger charge is 2.30. The van der Waals surface area contributed by atoms with Gasteiger partial charge in [0.2, 0.25) is 0 Å². The normalized spacial score (nSPS) is 21.3. The van der Waals surface area contributed by atoms with Crippen molar-refractivity contribution in [2.75, 3.05) is 13.2 Å². The second-order valence-corrected chi connectivity index (χ2v) is 4.19. The van der Waals surface area contributed by atoms with E-state index in [1.807, 2.05) is 6.08 Å². The Morgan fingerprint density at radius 1 is 1.31 bits per heavy atom. The van der Waals surface area contributed by atoms with Crippen LogP contribution in [0.4, 0.5) is 0 Å².